The van der Waals surface area contributed by atoms with E-state index in [1.165, 1.54) is 12.1 Å². The van der Waals surface area contributed by atoms with Crippen molar-refractivity contribution in [3.8, 4) is 0 Å². The molecule has 1 aromatic carbocycles. The number of hydrogen-bond donors (Lipinski definition) is 2. The molecule has 4 heteroatoms. The van der Waals surface area contributed by atoms with Crippen LogP contribution in [-0.2, 0) is 0 Å². The topological polar surface area (TPSA) is 32.3 Å². The highest BCUT2D eigenvalue weighted by Crippen LogP contribution is 2.21. The molecule has 2 unspecified atom stereocenters. The summed E-state index contributed by atoms with van der Waals surface area (Å²) < 4.78 is 24.8. The maximum Gasteiger partial charge on any atom is 0.263 e. The summed E-state index contributed by atoms with van der Waals surface area (Å²) in [6.45, 7) is 4.03. The molecule has 0 aliphatic heterocycles. The van der Waals surface area contributed by atoms with Gasteiger partial charge in [0.15, 0.2) is 0 Å². The van der Waals surface area contributed by atoms with Gasteiger partial charge in [0.05, 0.1) is 12.6 Å². The van der Waals surface area contributed by atoms with Gasteiger partial charge in [-0.15, -0.1) is 0 Å². The molecular formula is C13H19F2NO. The van der Waals surface area contributed by atoms with Crippen LogP contribution in [0.3, 0.4) is 0 Å². The highest BCUT2D eigenvalue weighted by atomic mass is 19.3. The lowest BCUT2D eigenvalue weighted by molar-refractivity contribution is 0.151. The van der Waals surface area contributed by atoms with Crippen molar-refractivity contribution < 1.29 is 13.9 Å². The van der Waals surface area contributed by atoms with Gasteiger partial charge in [-0.1, -0.05) is 31.2 Å². The molecule has 2 nitrogen and oxygen atoms in total. The molecule has 0 aliphatic rings. The van der Waals surface area contributed by atoms with Gasteiger partial charge >= 0.3 is 0 Å². The van der Waals surface area contributed by atoms with Crippen LogP contribution >= 0.6 is 0 Å². The van der Waals surface area contributed by atoms with Gasteiger partial charge in [0, 0.05) is 11.6 Å². The van der Waals surface area contributed by atoms with Crippen LogP contribution in [0.25, 0.3) is 0 Å². The lowest BCUT2D eigenvalue weighted by atomic mass is 10.0. The molecule has 0 fully saturated rings. The van der Waals surface area contributed by atoms with Crippen molar-refractivity contribution in [1.82, 2.24) is 5.32 Å². The number of alkyl halides is 2. The molecule has 0 bridgehead atoms. The Kier molecular flexibility index (Phi) is 5.51. The van der Waals surface area contributed by atoms with Crippen LogP contribution in [0.1, 0.15) is 43.9 Å². The predicted molar refractivity (Wildman–Crippen MR) is 64.1 cm³/mol. The molecule has 0 radical (unpaired) electrons. The van der Waals surface area contributed by atoms with E-state index in [0.29, 0.717) is 0 Å². The Morgan fingerprint density at radius 2 is 1.71 bits per heavy atom. The van der Waals surface area contributed by atoms with Crippen molar-refractivity contribution in [2.45, 2.75) is 38.8 Å². The third-order valence-corrected chi connectivity index (χ3v) is 2.87. The summed E-state index contributed by atoms with van der Waals surface area (Å²) in [5, 5.41) is 12.5. The van der Waals surface area contributed by atoms with Crippen LogP contribution < -0.4 is 5.32 Å². The van der Waals surface area contributed by atoms with Crippen molar-refractivity contribution in [3.05, 3.63) is 35.4 Å². The van der Waals surface area contributed by atoms with Crippen LogP contribution in [-0.4, -0.2) is 17.8 Å². The zero-order valence-corrected chi connectivity index (χ0v) is 10.2. The molecule has 2 atom stereocenters. The molecule has 0 heterocycles. The van der Waals surface area contributed by atoms with Gasteiger partial charge in [-0.3, -0.25) is 0 Å². The monoisotopic (exact) mass is 243 g/mol. The minimum absolute atomic E-state index is 0.00831. The van der Waals surface area contributed by atoms with Crippen molar-refractivity contribution in [1.29, 1.82) is 0 Å². The van der Waals surface area contributed by atoms with E-state index in [4.69, 9.17) is 0 Å². The molecule has 2 N–H and O–H groups in total. The molecule has 0 amide bonds. The number of nitrogens with one attached hydrogen (secondary N) is 1. The van der Waals surface area contributed by atoms with Crippen LogP contribution in [0.4, 0.5) is 8.78 Å². The van der Waals surface area contributed by atoms with E-state index < -0.39 is 6.43 Å². The zero-order valence-electron chi connectivity index (χ0n) is 10.2. The third kappa shape index (κ3) is 4.06. The summed E-state index contributed by atoms with van der Waals surface area (Å²) in [6.07, 6.45) is -1.50. The van der Waals surface area contributed by atoms with Crippen LogP contribution in [0.15, 0.2) is 24.3 Å². The van der Waals surface area contributed by atoms with Gasteiger partial charge in [0.2, 0.25) is 0 Å². The first kappa shape index (κ1) is 14.1. The molecule has 0 saturated carbocycles. The maximum absolute atomic E-state index is 12.4. The molecule has 17 heavy (non-hydrogen) atoms. The molecule has 0 spiro atoms. The third-order valence-electron chi connectivity index (χ3n) is 2.87. The lowest BCUT2D eigenvalue weighted by Crippen LogP contribution is -2.32. The van der Waals surface area contributed by atoms with E-state index in [-0.39, 0.29) is 24.3 Å². The highest BCUT2D eigenvalue weighted by Gasteiger charge is 2.13. The minimum atomic E-state index is -2.45. The number of benzene rings is 1. The number of halogens is 2. The second-order valence-electron chi connectivity index (χ2n) is 4.18. The Bertz CT molecular complexity index is 327. The predicted octanol–water partition coefficient (Wildman–Crippen LogP) is 3.05. The maximum atomic E-state index is 12.4. The Morgan fingerprint density at radius 3 is 2.12 bits per heavy atom. The second kappa shape index (κ2) is 6.67. The summed E-state index contributed by atoms with van der Waals surface area (Å²) >= 11 is 0. The van der Waals surface area contributed by atoms with Gasteiger partial charge < -0.3 is 10.4 Å². The van der Waals surface area contributed by atoms with Crippen molar-refractivity contribution >= 4 is 0 Å². The standard InChI is InChI=1S/C13H19F2NO/c1-3-9(2)16-12(8-17)10-4-6-11(7-5-10)13(14)15/h4-7,9,12-13,16-17H,3,8H2,1-2H3. The second-order valence-corrected chi connectivity index (χ2v) is 4.18. The van der Waals surface area contributed by atoms with E-state index in [2.05, 4.69) is 5.32 Å². The molecular weight excluding hydrogens is 224 g/mol. The normalized spacial score (nSPS) is 14.9. The Morgan fingerprint density at radius 1 is 1.18 bits per heavy atom. The fourth-order valence-corrected chi connectivity index (χ4v) is 1.59. The first-order valence-electron chi connectivity index (χ1n) is 5.83. The van der Waals surface area contributed by atoms with Crippen molar-refractivity contribution in [3.63, 3.8) is 0 Å². The van der Waals surface area contributed by atoms with E-state index in [9.17, 15) is 13.9 Å². The van der Waals surface area contributed by atoms with Gasteiger partial charge in [-0.05, 0) is 18.9 Å². The fourth-order valence-electron chi connectivity index (χ4n) is 1.59. The van der Waals surface area contributed by atoms with Gasteiger partial charge in [-0.2, -0.15) is 0 Å². The lowest BCUT2D eigenvalue weighted by Gasteiger charge is -2.21. The number of hydrogen-bond acceptors (Lipinski definition) is 2. The minimum Gasteiger partial charge on any atom is -0.394 e. The highest BCUT2D eigenvalue weighted by molar-refractivity contribution is 5.25. The SMILES string of the molecule is CCC(C)NC(CO)c1ccc(C(F)F)cc1. The summed E-state index contributed by atoms with van der Waals surface area (Å²) in [6, 6.07) is 6.16. The summed E-state index contributed by atoms with van der Waals surface area (Å²) in [7, 11) is 0. The smallest absolute Gasteiger partial charge is 0.263 e. The Balaban J connectivity index is 2.75. The van der Waals surface area contributed by atoms with E-state index in [1.807, 2.05) is 13.8 Å². The summed E-state index contributed by atoms with van der Waals surface area (Å²) in [5.41, 5.74) is 0.839. The van der Waals surface area contributed by atoms with Crippen molar-refractivity contribution in [2.75, 3.05) is 6.61 Å². The largest absolute Gasteiger partial charge is 0.394 e. The number of rotatable bonds is 6. The van der Waals surface area contributed by atoms with E-state index >= 15 is 0 Å². The molecule has 0 aromatic heterocycles. The van der Waals surface area contributed by atoms with Crippen LogP contribution in [0, 0.1) is 0 Å². The Labute approximate surface area is 101 Å². The van der Waals surface area contributed by atoms with Gasteiger partial charge in [-0.25, -0.2) is 8.78 Å². The molecule has 96 valence electrons. The van der Waals surface area contributed by atoms with Gasteiger partial charge in [0.25, 0.3) is 6.43 Å². The average molecular weight is 243 g/mol. The first-order valence-corrected chi connectivity index (χ1v) is 5.83. The zero-order chi connectivity index (χ0) is 12.8. The van der Waals surface area contributed by atoms with Gasteiger partial charge in [0.1, 0.15) is 0 Å². The molecule has 0 aliphatic carbocycles. The van der Waals surface area contributed by atoms with Crippen LogP contribution in [0.2, 0.25) is 0 Å². The molecule has 1 aromatic rings. The number of aliphatic hydroxyl groups excluding tert-OH is 1. The summed E-state index contributed by atoms with van der Waals surface area (Å²) in [4.78, 5) is 0. The van der Waals surface area contributed by atoms with Crippen molar-refractivity contribution in [2.24, 2.45) is 0 Å². The average Bonchev–Trinajstić information content (AvgIpc) is 2.35. The Hall–Kier alpha value is -1.00. The van der Waals surface area contributed by atoms with E-state index in [1.54, 1.807) is 12.1 Å². The molecule has 0 saturated heterocycles. The van der Waals surface area contributed by atoms with Crippen LogP contribution in [0.5, 0.6) is 0 Å². The fraction of sp³-hybridized carbons (Fsp3) is 0.538. The first-order chi connectivity index (χ1) is 8.08. The quantitative estimate of drug-likeness (QED) is 0.805. The number of aliphatic hydroxyl groups is 1. The van der Waals surface area contributed by atoms with E-state index in [0.717, 1.165) is 12.0 Å². The molecule has 1 rings (SSSR count). The summed E-state index contributed by atoms with van der Waals surface area (Å²) in [5.74, 6) is 0.